The monoisotopic (exact) mass is 260 g/mol. The van der Waals surface area contributed by atoms with Crippen molar-refractivity contribution in [1.82, 2.24) is 9.88 Å². The van der Waals surface area contributed by atoms with Crippen LogP contribution in [0.15, 0.2) is 30.6 Å². The fourth-order valence-corrected chi connectivity index (χ4v) is 1.79. The first-order valence-corrected chi connectivity index (χ1v) is 6.19. The van der Waals surface area contributed by atoms with Gasteiger partial charge in [0.05, 0.1) is 18.6 Å². The Morgan fingerprint density at radius 3 is 2.95 bits per heavy atom. The molecule has 1 aromatic rings. The predicted octanol–water partition coefficient (Wildman–Crippen LogP) is 2.24. The Kier molecular flexibility index (Phi) is 3.94. The summed E-state index contributed by atoms with van der Waals surface area (Å²) in [6.07, 6.45) is 6.60. The van der Waals surface area contributed by atoms with Gasteiger partial charge < -0.3 is 4.74 Å². The van der Waals surface area contributed by atoms with E-state index in [2.05, 4.69) is 4.98 Å². The van der Waals surface area contributed by atoms with Gasteiger partial charge in [0.1, 0.15) is 0 Å². The van der Waals surface area contributed by atoms with Crippen LogP contribution in [0.3, 0.4) is 0 Å². The van der Waals surface area contributed by atoms with Crippen LogP contribution in [0.4, 0.5) is 4.79 Å². The number of carbonyl (C=O) groups excluding carboxylic acids is 2. The van der Waals surface area contributed by atoms with Crippen molar-refractivity contribution in [3.8, 4) is 0 Å². The van der Waals surface area contributed by atoms with Gasteiger partial charge in [-0.1, -0.05) is 18.2 Å². The molecule has 0 N–H and O–H groups in total. The number of imide groups is 1. The fraction of sp³-hybridized carbons (Fsp3) is 0.357. The predicted molar refractivity (Wildman–Crippen MR) is 70.1 cm³/mol. The molecule has 1 aliphatic heterocycles. The van der Waals surface area contributed by atoms with Crippen molar-refractivity contribution >= 4 is 18.1 Å². The van der Waals surface area contributed by atoms with Crippen LogP contribution in [0, 0.1) is 0 Å². The topological polar surface area (TPSA) is 59.5 Å². The maximum Gasteiger partial charge on any atom is 0.417 e. The normalized spacial score (nSPS) is 18.8. The number of rotatable bonds is 3. The van der Waals surface area contributed by atoms with Gasteiger partial charge in [0, 0.05) is 12.4 Å². The summed E-state index contributed by atoms with van der Waals surface area (Å²) >= 11 is 0. The van der Waals surface area contributed by atoms with Gasteiger partial charge in [0.15, 0.2) is 0 Å². The van der Waals surface area contributed by atoms with Gasteiger partial charge in [-0.05, 0) is 25.5 Å². The molecule has 1 fully saturated rings. The van der Waals surface area contributed by atoms with Crippen molar-refractivity contribution < 1.29 is 14.3 Å². The molecule has 0 saturated carbocycles. The van der Waals surface area contributed by atoms with Crippen molar-refractivity contribution in [2.75, 3.05) is 0 Å². The van der Waals surface area contributed by atoms with Crippen molar-refractivity contribution in [2.45, 2.75) is 32.4 Å². The van der Waals surface area contributed by atoms with Crippen molar-refractivity contribution in [3.05, 3.63) is 36.2 Å². The lowest BCUT2D eigenvalue weighted by atomic mass is 10.0. The lowest BCUT2D eigenvalue weighted by Gasteiger charge is -2.36. The molecule has 5 heteroatoms. The number of amides is 2. The Balaban J connectivity index is 2.00. The number of likely N-dealkylation sites (tertiary alicyclic amines) is 1. The van der Waals surface area contributed by atoms with Crippen molar-refractivity contribution in [2.24, 2.45) is 0 Å². The molecule has 1 atom stereocenters. The van der Waals surface area contributed by atoms with E-state index >= 15 is 0 Å². The molecule has 0 aromatic carbocycles. The molecular weight excluding hydrogens is 244 g/mol. The molecule has 2 rings (SSSR count). The Labute approximate surface area is 111 Å². The molecule has 1 aliphatic rings. The van der Waals surface area contributed by atoms with Gasteiger partial charge in [-0.15, -0.1) is 0 Å². The summed E-state index contributed by atoms with van der Waals surface area (Å²) in [6, 6.07) is 3.51. The fourth-order valence-electron chi connectivity index (χ4n) is 1.79. The van der Waals surface area contributed by atoms with Gasteiger partial charge in [-0.2, -0.15) is 0 Å². The molecule has 1 saturated heterocycles. The molecular formula is C14H16N2O3. The van der Waals surface area contributed by atoms with Gasteiger partial charge in [-0.3, -0.25) is 9.78 Å². The molecule has 0 aliphatic carbocycles. The number of hydrogen-bond donors (Lipinski definition) is 0. The number of ether oxygens (including phenoxy) is 1. The van der Waals surface area contributed by atoms with Crippen molar-refractivity contribution in [3.63, 3.8) is 0 Å². The van der Waals surface area contributed by atoms with Crippen LogP contribution in [0.1, 0.15) is 25.8 Å². The Morgan fingerprint density at radius 1 is 1.58 bits per heavy atom. The van der Waals surface area contributed by atoms with Crippen LogP contribution >= 0.6 is 0 Å². The third-order valence-electron chi connectivity index (χ3n) is 2.71. The van der Waals surface area contributed by atoms with E-state index < -0.39 is 6.09 Å². The van der Waals surface area contributed by atoms with Gasteiger partial charge in [0.2, 0.25) is 5.91 Å². The summed E-state index contributed by atoms with van der Waals surface area (Å²) < 4.78 is 5.03. The van der Waals surface area contributed by atoms with E-state index in [0.717, 1.165) is 10.5 Å². The second kappa shape index (κ2) is 5.65. The number of β-lactam (4-membered cyclic amide) rings is 1. The zero-order valence-corrected chi connectivity index (χ0v) is 10.9. The first-order chi connectivity index (χ1) is 9.08. The minimum Gasteiger partial charge on any atom is -0.446 e. The van der Waals surface area contributed by atoms with E-state index in [9.17, 15) is 9.59 Å². The summed E-state index contributed by atoms with van der Waals surface area (Å²) in [6.45, 7) is 3.51. The molecule has 2 amide bonds. The van der Waals surface area contributed by atoms with E-state index in [1.807, 2.05) is 24.3 Å². The molecule has 0 radical (unpaired) electrons. The maximum absolute atomic E-state index is 11.7. The highest BCUT2D eigenvalue weighted by molar-refractivity contribution is 5.98. The standard InChI is InChI=1S/C14H16N2O3/c1-10(2)19-14(18)16-12(8-13(16)17)6-5-11-4-3-7-15-9-11/h3-7,9-10,12H,8H2,1-2H3/b6-5+/t12-/m1/s1. The summed E-state index contributed by atoms with van der Waals surface area (Å²) in [5.74, 6) is -0.202. The average Bonchev–Trinajstić information content (AvgIpc) is 2.34. The van der Waals surface area contributed by atoms with Crippen LogP contribution in [-0.4, -0.2) is 34.0 Å². The minimum absolute atomic E-state index is 0.202. The summed E-state index contributed by atoms with van der Waals surface area (Å²) in [5, 5.41) is 0. The molecule has 1 aromatic heterocycles. The first kappa shape index (κ1) is 13.3. The molecule has 0 unspecified atom stereocenters. The smallest absolute Gasteiger partial charge is 0.417 e. The quantitative estimate of drug-likeness (QED) is 0.782. The molecule has 0 spiro atoms. The van der Waals surface area contributed by atoms with E-state index in [0.29, 0.717) is 6.42 Å². The number of pyridine rings is 1. The van der Waals surface area contributed by atoms with E-state index in [4.69, 9.17) is 4.74 Å². The molecule has 2 heterocycles. The minimum atomic E-state index is -0.577. The van der Waals surface area contributed by atoms with Crippen LogP contribution in [-0.2, 0) is 9.53 Å². The highest BCUT2D eigenvalue weighted by atomic mass is 16.6. The van der Waals surface area contributed by atoms with Gasteiger partial charge in [0.25, 0.3) is 0 Å². The second-order valence-corrected chi connectivity index (χ2v) is 4.61. The summed E-state index contributed by atoms with van der Waals surface area (Å²) in [4.78, 5) is 28.3. The molecule has 0 bridgehead atoms. The summed E-state index contributed by atoms with van der Waals surface area (Å²) in [5.41, 5.74) is 0.930. The van der Waals surface area contributed by atoms with Gasteiger partial charge in [-0.25, -0.2) is 9.69 Å². The van der Waals surface area contributed by atoms with Crippen LogP contribution in [0.2, 0.25) is 0 Å². The zero-order valence-electron chi connectivity index (χ0n) is 10.9. The maximum atomic E-state index is 11.7. The van der Waals surface area contributed by atoms with Crippen molar-refractivity contribution in [1.29, 1.82) is 0 Å². The molecule has 19 heavy (non-hydrogen) atoms. The van der Waals surface area contributed by atoms with Crippen LogP contribution in [0.5, 0.6) is 0 Å². The number of hydrogen-bond acceptors (Lipinski definition) is 4. The first-order valence-electron chi connectivity index (χ1n) is 6.19. The second-order valence-electron chi connectivity index (χ2n) is 4.61. The Hall–Kier alpha value is -2.17. The van der Waals surface area contributed by atoms with Gasteiger partial charge >= 0.3 is 6.09 Å². The lowest BCUT2D eigenvalue weighted by molar-refractivity contribution is -0.140. The highest BCUT2D eigenvalue weighted by Crippen LogP contribution is 2.22. The van der Waals surface area contributed by atoms with Crippen LogP contribution < -0.4 is 0 Å². The zero-order chi connectivity index (χ0) is 13.8. The highest BCUT2D eigenvalue weighted by Gasteiger charge is 2.40. The van der Waals surface area contributed by atoms with Crippen LogP contribution in [0.25, 0.3) is 6.08 Å². The third-order valence-corrected chi connectivity index (χ3v) is 2.71. The molecule has 100 valence electrons. The average molecular weight is 260 g/mol. The SMILES string of the molecule is CC(C)OC(=O)N1C(=O)C[C@H]1/C=C/c1cccnc1. The lowest BCUT2D eigenvalue weighted by Crippen LogP contribution is -2.55. The van der Waals surface area contributed by atoms with E-state index in [-0.39, 0.29) is 18.1 Å². The number of carbonyl (C=O) groups is 2. The van der Waals surface area contributed by atoms with E-state index in [1.54, 1.807) is 26.2 Å². The Morgan fingerprint density at radius 2 is 2.37 bits per heavy atom. The number of aromatic nitrogens is 1. The third kappa shape index (κ3) is 3.19. The largest absolute Gasteiger partial charge is 0.446 e. The number of nitrogens with zero attached hydrogens (tertiary/aromatic N) is 2. The molecule has 5 nitrogen and oxygen atoms in total. The van der Waals surface area contributed by atoms with E-state index in [1.165, 1.54) is 0 Å². The summed E-state index contributed by atoms with van der Waals surface area (Å²) in [7, 11) is 0. The Bertz CT molecular complexity index is 497.